The van der Waals surface area contributed by atoms with E-state index in [9.17, 15) is 9.59 Å². The van der Waals surface area contributed by atoms with Gasteiger partial charge in [-0.25, -0.2) is 9.78 Å². The molecule has 47 heavy (non-hydrogen) atoms. The van der Waals surface area contributed by atoms with Crippen LogP contribution in [0, 0.1) is 0 Å². The number of benzene rings is 1. The highest BCUT2D eigenvalue weighted by Gasteiger charge is 2.38. The predicted octanol–water partition coefficient (Wildman–Crippen LogP) is 7.75. The number of rotatable bonds is 11. The number of anilines is 3. The van der Waals surface area contributed by atoms with Crippen molar-refractivity contribution in [2.24, 2.45) is 7.05 Å². The Kier molecular flexibility index (Phi) is 9.60. The van der Waals surface area contributed by atoms with Crippen LogP contribution in [0.15, 0.2) is 47.5 Å². The van der Waals surface area contributed by atoms with Crippen molar-refractivity contribution in [3.8, 4) is 11.1 Å². The first-order valence-corrected chi connectivity index (χ1v) is 19.8. The third kappa shape index (κ3) is 7.39. The number of ether oxygens (including phenoxy) is 1. The highest BCUT2D eigenvalue weighted by Crippen LogP contribution is 2.41. The number of aromatic amines is 1. The molecule has 1 fully saturated rings. The van der Waals surface area contributed by atoms with Gasteiger partial charge in [-0.1, -0.05) is 53.7 Å². The summed E-state index contributed by atoms with van der Waals surface area (Å²) in [6.45, 7) is 18.2. The van der Waals surface area contributed by atoms with Crippen LogP contribution in [0.2, 0.25) is 18.1 Å². The van der Waals surface area contributed by atoms with Crippen LogP contribution in [-0.2, 0) is 34.8 Å². The van der Waals surface area contributed by atoms with Gasteiger partial charge in [-0.05, 0) is 48.7 Å². The minimum absolute atomic E-state index is 0.0234. The van der Waals surface area contributed by atoms with Gasteiger partial charge >= 0.3 is 5.97 Å². The summed E-state index contributed by atoms with van der Waals surface area (Å²) in [5.41, 5.74) is 4.43. The Hall–Kier alpha value is -3.74. The Balaban J connectivity index is 1.59. The lowest BCUT2D eigenvalue weighted by atomic mass is 9.98. The average Bonchev–Trinajstić information content (AvgIpc) is 3.49. The molecule has 3 heterocycles. The van der Waals surface area contributed by atoms with Gasteiger partial charge < -0.3 is 23.9 Å². The topological polar surface area (TPSA) is 114 Å². The van der Waals surface area contributed by atoms with Gasteiger partial charge in [0.05, 0.1) is 36.3 Å². The van der Waals surface area contributed by atoms with E-state index in [4.69, 9.17) is 9.16 Å². The van der Waals surface area contributed by atoms with Gasteiger partial charge in [0.1, 0.15) is 11.5 Å². The van der Waals surface area contributed by atoms with Crippen LogP contribution in [-0.4, -0.2) is 47.2 Å². The zero-order valence-electron chi connectivity index (χ0n) is 29.3. The zero-order chi connectivity index (χ0) is 34.3. The molecule has 4 aromatic rings. The lowest BCUT2D eigenvalue weighted by molar-refractivity contribution is 0.0593. The maximum atomic E-state index is 13.6. The first kappa shape index (κ1) is 34.6. The van der Waals surface area contributed by atoms with E-state index in [-0.39, 0.29) is 22.1 Å². The summed E-state index contributed by atoms with van der Waals surface area (Å²) in [5, 5.41) is 11.7. The van der Waals surface area contributed by atoms with Crippen LogP contribution in [0.1, 0.15) is 80.3 Å². The Bertz CT molecular complexity index is 1800. The van der Waals surface area contributed by atoms with Crippen LogP contribution in [0.3, 0.4) is 0 Å². The number of pyridine rings is 1. The second-order valence-electron chi connectivity index (χ2n) is 14.8. The van der Waals surface area contributed by atoms with Crippen LogP contribution < -0.4 is 15.8 Å². The van der Waals surface area contributed by atoms with Crippen molar-refractivity contribution in [2.45, 2.75) is 97.1 Å². The van der Waals surface area contributed by atoms with Gasteiger partial charge in [-0.15, -0.1) is 11.3 Å². The summed E-state index contributed by atoms with van der Waals surface area (Å²) in [7, 11) is 1.05. The summed E-state index contributed by atoms with van der Waals surface area (Å²) in [6, 6.07) is 10.3. The molecule has 5 rings (SSSR count). The van der Waals surface area contributed by atoms with Crippen molar-refractivity contribution in [3.63, 3.8) is 0 Å². The van der Waals surface area contributed by atoms with Gasteiger partial charge in [0.15, 0.2) is 14.0 Å². The van der Waals surface area contributed by atoms with Crippen molar-refractivity contribution in [2.75, 3.05) is 17.3 Å². The molecule has 2 N–H and O–H groups in total. The van der Waals surface area contributed by atoms with E-state index in [1.165, 1.54) is 18.4 Å². The number of H-pyrrole nitrogens is 1. The average molecular weight is 677 g/mol. The number of aromatic nitrogens is 4. The van der Waals surface area contributed by atoms with E-state index in [1.807, 2.05) is 30.5 Å². The van der Waals surface area contributed by atoms with Crippen molar-refractivity contribution in [1.82, 2.24) is 19.7 Å². The molecule has 0 saturated heterocycles. The SMILES string of the molecule is COC(=O)c1nc(C(C)(C)C)sc1CNc1cccc(-c2cc(N(c3ccn[nH]3)C3CC3)c(=O)n(C)c2)c1CO[Si](C)(C)C(C)(C)C. The quantitative estimate of drug-likeness (QED) is 0.122. The molecule has 3 aromatic heterocycles. The number of methoxy groups -OCH3 is 1. The molecule has 252 valence electrons. The third-order valence-corrected chi connectivity index (χ3v) is 15.1. The van der Waals surface area contributed by atoms with Crippen LogP contribution >= 0.6 is 11.3 Å². The van der Waals surface area contributed by atoms with Crippen LogP contribution in [0.5, 0.6) is 0 Å². The molecule has 1 saturated carbocycles. The Morgan fingerprint density at radius 2 is 1.89 bits per heavy atom. The summed E-state index contributed by atoms with van der Waals surface area (Å²) in [6.07, 6.45) is 5.63. The largest absolute Gasteiger partial charge is 0.464 e. The van der Waals surface area contributed by atoms with Crippen molar-refractivity contribution >= 4 is 42.8 Å². The van der Waals surface area contributed by atoms with E-state index in [0.717, 1.165) is 50.9 Å². The molecule has 0 atom stereocenters. The highest BCUT2D eigenvalue weighted by atomic mass is 32.1. The molecule has 0 radical (unpaired) electrons. The molecular formula is C35H48N6O4SSi. The summed E-state index contributed by atoms with van der Waals surface area (Å²) in [5.74, 6) is 0.359. The number of carbonyl (C=O) groups is 1. The lowest BCUT2D eigenvalue weighted by Crippen LogP contribution is -2.40. The van der Waals surface area contributed by atoms with Crippen molar-refractivity contribution in [3.05, 3.63) is 74.2 Å². The van der Waals surface area contributed by atoms with E-state index in [1.54, 1.807) is 17.8 Å². The van der Waals surface area contributed by atoms with E-state index >= 15 is 0 Å². The van der Waals surface area contributed by atoms with Crippen molar-refractivity contribution < 1.29 is 14.0 Å². The molecule has 0 bridgehead atoms. The molecule has 10 nitrogen and oxygen atoms in total. The Labute approximate surface area is 282 Å². The minimum Gasteiger partial charge on any atom is -0.464 e. The predicted molar refractivity (Wildman–Crippen MR) is 192 cm³/mol. The van der Waals surface area contributed by atoms with Gasteiger partial charge in [0.2, 0.25) is 0 Å². The van der Waals surface area contributed by atoms with Gasteiger partial charge in [0, 0.05) is 47.6 Å². The molecule has 1 aliphatic carbocycles. The van der Waals surface area contributed by atoms with E-state index < -0.39 is 14.3 Å². The standard InChI is InChI=1S/C35H48N6O4SSi/c1-34(2,3)33-38-30(32(43)44-8)28(46-33)19-36-26-13-11-12-24(25(26)21-45-47(9,10)35(4,5)6)22-18-27(31(42)40(7)20-22)41(23-14-15-23)29-16-17-37-39-29/h11-13,16-18,20,23,36H,14-15,19,21H2,1-10H3,(H,37,39). The molecule has 0 amide bonds. The number of hydrogen-bond donors (Lipinski definition) is 2. The zero-order valence-corrected chi connectivity index (χ0v) is 31.1. The Morgan fingerprint density at radius 3 is 2.49 bits per heavy atom. The maximum absolute atomic E-state index is 13.6. The lowest BCUT2D eigenvalue weighted by Gasteiger charge is -2.36. The summed E-state index contributed by atoms with van der Waals surface area (Å²) >= 11 is 1.52. The monoisotopic (exact) mass is 676 g/mol. The fourth-order valence-electron chi connectivity index (χ4n) is 5.12. The maximum Gasteiger partial charge on any atom is 0.357 e. The first-order valence-electron chi connectivity index (χ1n) is 16.1. The highest BCUT2D eigenvalue weighted by molar-refractivity contribution is 7.12. The number of nitrogens with zero attached hydrogens (tertiary/aromatic N) is 4. The molecule has 0 aliphatic heterocycles. The molecule has 1 aromatic carbocycles. The van der Waals surface area contributed by atoms with Crippen LogP contribution in [0.4, 0.5) is 17.2 Å². The second-order valence-corrected chi connectivity index (χ2v) is 20.7. The third-order valence-electron chi connectivity index (χ3n) is 9.11. The number of hydrogen-bond acceptors (Lipinski definition) is 9. The number of aryl methyl sites for hydroxylation is 1. The first-order chi connectivity index (χ1) is 22.0. The molecule has 0 unspecified atom stereocenters. The smallest absolute Gasteiger partial charge is 0.357 e. The van der Waals surface area contributed by atoms with Gasteiger partial charge in [0.25, 0.3) is 5.56 Å². The minimum atomic E-state index is -2.13. The summed E-state index contributed by atoms with van der Waals surface area (Å²) in [4.78, 5) is 33.9. The van der Waals surface area contributed by atoms with Gasteiger partial charge in [-0.2, -0.15) is 5.10 Å². The molecule has 0 spiro atoms. The fourth-order valence-corrected chi connectivity index (χ4v) is 7.11. The number of thiazole rings is 1. The second kappa shape index (κ2) is 13.0. The normalized spacial score (nSPS) is 13.9. The molecular weight excluding hydrogens is 629 g/mol. The number of nitrogens with one attached hydrogen (secondary N) is 2. The van der Waals surface area contributed by atoms with E-state index in [0.29, 0.717) is 24.5 Å². The van der Waals surface area contributed by atoms with Gasteiger partial charge in [-0.3, -0.25) is 9.89 Å². The Morgan fingerprint density at radius 1 is 1.17 bits per heavy atom. The summed E-state index contributed by atoms with van der Waals surface area (Å²) < 4.78 is 13.6. The van der Waals surface area contributed by atoms with Crippen LogP contribution in [0.25, 0.3) is 11.1 Å². The van der Waals surface area contributed by atoms with E-state index in [2.05, 4.69) is 86.1 Å². The van der Waals surface area contributed by atoms with Crippen molar-refractivity contribution in [1.29, 1.82) is 0 Å². The fraction of sp³-hybridized carbons (Fsp3) is 0.486. The number of esters is 1. The number of carbonyl (C=O) groups excluding carboxylic acids is 1. The molecule has 1 aliphatic rings. The molecule has 12 heteroatoms.